The van der Waals surface area contributed by atoms with Crippen LogP contribution in [0.5, 0.6) is 0 Å². The number of esters is 1. The van der Waals surface area contributed by atoms with Crippen molar-refractivity contribution in [2.45, 2.75) is 18.9 Å². The molecule has 1 atom stereocenters. The van der Waals surface area contributed by atoms with Crippen LogP contribution < -0.4 is 5.32 Å². The summed E-state index contributed by atoms with van der Waals surface area (Å²) in [4.78, 5) is 27.3. The lowest BCUT2D eigenvalue weighted by Gasteiger charge is -2.24. The first kappa shape index (κ1) is 16.5. The van der Waals surface area contributed by atoms with Crippen LogP contribution in [0.15, 0.2) is 41.8 Å². The van der Waals surface area contributed by atoms with Gasteiger partial charge in [0, 0.05) is 17.1 Å². The summed E-state index contributed by atoms with van der Waals surface area (Å²) in [5.41, 5.74) is 1.20. The molecule has 1 aliphatic rings. The number of likely N-dealkylation sites (tertiary alicyclic amines) is 1. The van der Waals surface area contributed by atoms with Gasteiger partial charge >= 0.3 is 5.97 Å². The van der Waals surface area contributed by atoms with Gasteiger partial charge in [0.2, 0.25) is 5.91 Å². The Morgan fingerprint density at radius 2 is 2.21 bits per heavy atom. The Morgan fingerprint density at radius 1 is 1.33 bits per heavy atom. The van der Waals surface area contributed by atoms with Crippen LogP contribution in [0.4, 0.5) is 5.69 Å². The quantitative estimate of drug-likeness (QED) is 0.846. The number of hydrogen-bond acceptors (Lipinski definition) is 5. The summed E-state index contributed by atoms with van der Waals surface area (Å²) < 4.78 is 4.71. The molecule has 1 aromatic carbocycles. The number of benzene rings is 1. The summed E-state index contributed by atoms with van der Waals surface area (Å²) in [5.74, 6) is -0.309. The van der Waals surface area contributed by atoms with Crippen LogP contribution in [0.1, 0.15) is 34.1 Å². The van der Waals surface area contributed by atoms with Gasteiger partial charge in [0.25, 0.3) is 0 Å². The summed E-state index contributed by atoms with van der Waals surface area (Å²) in [6.07, 6.45) is 2.05. The fourth-order valence-electron chi connectivity index (χ4n) is 3.00. The molecule has 1 N–H and O–H groups in total. The highest BCUT2D eigenvalue weighted by Crippen LogP contribution is 2.34. The van der Waals surface area contributed by atoms with Gasteiger partial charge in [-0.3, -0.25) is 4.79 Å². The number of methoxy groups -OCH3 is 1. The molecule has 0 saturated carbocycles. The van der Waals surface area contributed by atoms with Crippen molar-refractivity contribution in [3.8, 4) is 0 Å². The molecule has 1 aliphatic heterocycles. The first-order valence-corrected chi connectivity index (χ1v) is 8.82. The molecule has 2 heterocycles. The lowest BCUT2D eigenvalue weighted by atomic mass is 10.2. The van der Waals surface area contributed by atoms with Crippen LogP contribution in [0.3, 0.4) is 0 Å². The van der Waals surface area contributed by atoms with Crippen molar-refractivity contribution in [2.24, 2.45) is 0 Å². The lowest BCUT2D eigenvalue weighted by molar-refractivity contribution is -0.130. The number of nitrogens with one attached hydrogen (secondary N) is 1. The van der Waals surface area contributed by atoms with E-state index in [0.29, 0.717) is 5.56 Å². The van der Waals surface area contributed by atoms with Crippen molar-refractivity contribution in [3.05, 3.63) is 52.2 Å². The molecule has 6 heteroatoms. The van der Waals surface area contributed by atoms with Crippen LogP contribution in [-0.2, 0) is 9.53 Å². The fourth-order valence-corrected chi connectivity index (χ4v) is 3.87. The van der Waals surface area contributed by atoms with E-state index in [2.05, 4.69) is 11.4 Å². The average Bonchev–Trinajstić information content (AvgIpc) is 3.29. The number of hydrogen-bond donors (Lipinski definition) is 1. The Balaban J connectivity index is 1.62. The van der Waals surface area contributed by atoms with Gasteiger partial charge in [-0.1, -0.05) is 12.1 Å². The number of ether oxygens (including phenoxy) is 1. The van der Waals surface area contributed by atoms with E-state index in [0.717, 1.165) is 25.1 Å². The van der Waals surface area contributed by atoms with Crippen LogP contribution in [0.25, 0.3) is 0 Å². The van der Waals surface area contributed by atoms with Crippen molar-refractivity contribution < 1.29 is 14.3 Å². The molecular weight excluding hydrogens is 324 g/mol. The normalized spacial score (nSPS) is 16.9. The molecule has 1 aromatic heterocycles. The second-order valence-corrected chi connectivity index (χ2v) is 6.67. The number of thiophene rings is 1. The topological polar surface area (TPSA) is 58.6 Å². The zero-order valence-corrected chi connectivity index (χ0v) is 14.3. The van der Waals surface area contributed by atoms with Gasteiger partial charge in [0.05, 0.1) is 25.3 Å². The molecule has 126 valence electrons. The minimum absolute atomic E-state index is 0.0781. The Hall–Kier alpha value is -2.34. The SMILES string of the molecule is COC(=O)c1cccc(NCC(=O)N2CCCC2c2cccs2)c1. The predicted octanol–water partition coefficient (Wildman–Crippen LogP) is 3.31. The summed E-state index contributed by atoms with van der Waals surface area (Å²) in [7, 11) is 1.35. The molecule has 1 saturated heterocycles. The molecule has 0 aliphatic carbocycles. The minimum Gasteiger partial charge on any atom is -0.465 e. The standard InChI is InChI=1S/C18H20N2O3S/c1-23-18(22)13-5-2-6-14(11-13)19-12-17(21)20-9-3-7-15(20)16-8-4-10-24-16/h2,4-6,8,10-11,15,19H,3,7,9,12H2,1H3. The Bertz CT molecular complexity index is 715. The smallest absolute Gasteiger partial charge is 0.337 e. The Kier molecular flexibility index (Phi) is 5.15. The molecule has 0 bridgehead atoms. The van der Waals surface area contributed by atoms with Crippen molar-refractivity contribution in [2.75, 3.05) is 25.5 Å². The van der Waals surface area contributed by atoms with Gasteiger partial charge in [-0.05, 0) is 42.5 Å². The number of anilines is 1. The fraction of sp³-hybridized carbons (Fsp3) is 0.333. The van der Waals surface area contributed by atoms with Crippen molar-refractivity contribution in [1.82, 2.24) is 4.90 Å². The Morgan fingerprint density at radius 3 is 2.96 bits per heavy atom. The van der Waals surface area contributed by atoms with E-state index in [9.17, 15) is 9.59 Å². The zero-order valence-electron chi connectivity index (χ0n) is 13.5. The maximum absolute atomic E-state index is 12.6. The van der Waals surface area contributed by atoms with Crippen molar-refractivity contribution >= 4 is 28.9 Å². The summed E-state index contributed by atoms with van der Waals surface area (Å²) in [5, 5.41) is 5.16. The molecule has 24 heavy (non-hydrogen) atoms. The third-order valence-corrected chi connectivity index (χ3v) is 5.15. The highest BCUT2D eigenvalue weighted by atomic mass is 32.1. The molecule has 5 nitrogen and oxygen atoms in total. The second-order valence-electron chi connectivity index (χ2n) is 5.69. The molecule has 2 aromatic rings. The maximum Gasteiger partial charge on any atom is 0.337 e. The van der Waals surface area contributed by atoms with Gasteiger partial charge in [-0.25, -0.2) is 4.79 Å². The first-order chi connectivity index (χ1) is 11.7. The third kappa shape index (κ3) is 3.59. The molecule has 0 radical (unpaired) electrons. The van der Waals surface area contributed by atoms with E-state index in [4.69, 9.17) is 4.74 Å². The van der Waals surface area contributed by atoms with E-state index in [1.165, 1.54) is 12.0 Å². The minimum atomic E-state index is -0.387. The number of rotatable bonds is 5. The van der Waals surface area contributed by atoms with E-state index in [1.807, 2.05) is 22.4 Å². The molecule has 1 fully saturated rings. The van der Waals surface area contributed by atoms with Gasteiger partial charge < -0.3 is 15.0 Å². The van der Waals surface area contributed by atoms with Gasteiger partial charge in [0.1, 0.15) is 0 Å². The number of carbonyl (C=O) groups is 2. The second kappa shape index (κ2) is 7.49. The third-order valence-electron chi connectivity index (χ3n) is 4.17. The van der Waals surface area contributed by atoms with E-state index < -0.39 is 0 Å². The number of amides is 1. The van der Waals surface area contributed by atoms with Crippen LogP contribution in [0, 0.1) is 0 Å². The highest BCUT2D eigenvalue weighted by molar-refractivity contribution is 7.10. The molecule has 0 spiro atoms. The highest BCUT2D eigenvalue weighted by Gasteiger charge is 2.30. The number of carbonyl (C=O) groups excluding carboxylic acids is 2. The zero-order chi connectivity index (χ0) is 16.9. The molecule has 1 amide bonds. The maximum atomic E-state index is 12.6. The van der Waals surface area contributed by atoms with Crippen LogP contribution >= 0.6 is 11.3 Å². The molecular formula is C18H20N2O3S. The first-order valence-electron chi connectivity index (χ1n) is 7.94. The van der Waals surface area contributed by atoms with Crippen molar-refractivity contribution in [3.63, 3.8) is 0 Å². The molecule has 1 unspecified atom stereocenters. The van der Waals surface area contributed by atoms with E-state index >= 15 is 0 Å². The number of nitrogens with zero attached hydrogens (tertiary/aromatic N) is 1. The van der Waals surface area contributed by atoms with Gasteiger partial charge in [-0.2, -0.15) is 0 Å². The largest absolute Gasteiger partial charge is 0.465 e. The van der Waals surface area contributed by atoms with Crippen LogP contribution in [-0.4, -0.2) is 37.0 Å². The summed E-state index contributed by atoms with van der Waals surface area (Å²) >= 11 is 1.70. The van der Waals surface area contributed by atoms with E-state index in [1.54, 1.807) is 29.5 Å². The summed E-state index contributed by atoms with van der Waals surface area (Å²) in [6.45, 7) is 1.01. The average molecular weight is 344 g/mol. The van der Waals surface area contributed by atoms with Crippen molar-refractivity contribution in [1.29, 1.82) is 0 Å². The lowest BCUT2D eigenvalue weighted by Crippen LogP contribution is -2.34. The van der Waals surface area contributed by atoms with Crippen LogP contribution in [0.2, 0.25) is 0 Å². The monoisotopic (exact) mass is 344 g/mol. The molecule has 3 rings (SSSR count). The van der Waals surface area contributed by atoms with Gasteiger partial charge in [-0.15, -0.1) is 11.3 Å². The predicted molar refractivity (Wildman–Crippen MR) is 94.3 cm³/mol. The van der Waals surface area contributed by atoms with E-state index in [-0.39, 0.29) is 24.5 Å². The summed E-state index contributed by atoms with van der Waals surface area (Å²) in [6, 6.07) is 11.3. The van der Waals surface area contributed by atoms with Gasteiger partial charge in [0.15, 0.2) is 0 Å². The Labute approximate surface area is 145 Å².